The molecule has 0 radical (unpaired) electrons. The van der Waals surface area contributed by atoms with Crippen LogP contribution in [0.1, 0.15) is 5.69 Å². The summed E-state index contributed by atoms with van der Waals surface area (Å²) in [5, 5.41) is 3.42. The average Bonchev–Trinajstić information content (AvgIpc) is 2.74. The van der Waals surface area contributed by atoms with Gasteiger partial charge in [-0.05, 0) is 0 Å². The number of nitrogens with zero attached hydrogens (tertiary/aromatic N) is 1. The third kappa shape index (κ3) is 1.95. The Morgan fingerprint density at radius 3 is 2.56 bits per heavy atom. The van der Waals surface area contributed by atoms with Gasteiger partial charge in [0, 0.05) is 12.6 Å². The second-order valence-electron chi connectivity index (χ2n) is 3.33. The number of aromatic amines is 1. The van der Waals surface area contributed by atoms with E-state index in [9.17, 15) is 0 Å². The van der Waals surface area contributed by atoms with E-state index in [0.717, 1.165) is 17.1 Å². The van der Waals surface area contributed by atoms with Crippen molar-refractivity contribution in [2.24, 2.45) is 0 Å². The number of hydrogen-bond donors (Lipinski definition) is 2. The minimum Gasteiger partial charge on any atom is -0.371 e. The summed E-state index contributed by atoms with van der Waals surface area (Å²) in [4.78, 5) is 7.55. The highest BCUT2D eigenvalue weighted by Gasteiger charge is 2.11. The Kier molecular flexibility index (Phi) is 2.97. The van der Waals surface area contributed by atoms with Crippen molar-refractivity contribution in [1.82, 2.24) is 9.97 Å². The van der Waals surface area contributed by atoms with Gasteiger partial charge in [0.1, 0.15) is 11.5 Å². The lowest BCUT2D eigenvalue weighted by molar-refractivity contribution is 1.30. The zero-order valence-corrected chi connectivity index (χ0v) is 9.67. The molecule has 0 atom stereocenters. The fraction of sp³-hybridized carbons (Fsp3) is 0.0833. The van der Waals surface area contributed by atoms with E-state index in [4.69, 9.17) is 11.6 Å². The van der Waals surface area contributed by atoms with Crippen molar-refractivity contribution in [3.8, 4) is 11.4 Å². The normalized spacial score (nSPS) is 10.1. The van der Waals surface area contributed by atoms with Gasteiger partial charge in [-0.15, -0.1) is 0 Å². The van der Waals surface area contributed by atoms with E-state index >= 15 is 0 Å². The van der Waals surface area contributed by atoms with Gasteiger partial charge >= 0.3 is 0 Å². The minimum absolute atomic E-state index is 0.444. The lowest BCUT2D eigenvalue weighted by atomic mass is 10.2. The lowest BCUT2D eigenvalue weighted by Gasteiger charge is -1.96. The van der Waals surface area contributed by atoms with Crippen molar-refractivity contribution in [3.63, 3.8) is 0 Å². The highest BCUT2D eigenvalue weighted by atomic mass is 35.5. The number of nitrogens with one attached hydrogen (secondary N) is 2. The third-order valence-electron chi connectivity index (χ3n) is 2.26. The van der Waals surface area contributed by atoms with Crippen LogP contribution in [0.25, 0.3) is 16.4 Å². The van der Waals surface area contributed by atoms with Crippen molar-refractivity contribution in [2.75, 3.05) is 12.4 Å². The molecule has 0 unspecified atom stereocenters. The van der Waals surface area contributed by atoms with Gasteiger partial charge in [-0.25, -0.2) is 4.98 Å². The number of H-pyrrole nitrogens is 1. The summed E-state index contributed by atoms with van der Waals surface area (Å²) in [5.74, 6) is 1.49. The van der Waals surface area contributed by atoms with Crippen LogP contribution in [0.15, 0.2) is 36.9 Å². The van der Waals surface area contributed by atoms with Crippen LogP contribution in [-0.2, 0) is 0 Å². The first-order valence-electron chi connectivity index (χ1n) is 4.90. The SMILES string of the molecule is C=C(Cl)c1[nH]c(-c2ccccc2)nc1NC. The van der Waals surface area contributed by atoms with Crippen molar-refractivity contribution >= 4 is 22.5 Å². The zero-order chi connectivity index (χ0) is 11.5. The van der Waals surface area contributed by atoms with E-state index in [1.165, 1.54) is 0 Å². The quantitative estimate of drug-likeness (QED) is 0.854. The lowest BCUT2D eigenvalue weighted by Crippen LogP contribution is -1.91. The van der Waals surface area contributed by atoms with Crippen LogP contribution in [-0.4, -0.2) is 17.0 Å². The smallest absolute Gasteiger partial charge is 0.153 e. The van der Waals surface area contributed by atoms with Gasteiger partial charge in [0.2, 0.25) is 0 Å². The number of aromatic nitrogens is 2. The summed E-state index contributed by atoms with van der Waals surface area (Å²) in [5.41, 5.74) is 1.74. The Labute approximate surface area is 99.2 Å². The second-order valence-corrected chi connectivity index (χ2v) is 3.79. The highest BCUT2D eigenvalue weighted by molar-refractivity contribution is 6.48. The molecular weight excluding hydrogens is 222 g/mol. The van der Waals surface area contributed by atoms with Gasteiger partial charge < -0.3 is 10.3 Å². The van der Waals surface area contributed by atoms with Gasteiger partial charge in [-0.2, -0.15) is 0 Å². The number of rotatable bonds is 3. The molecular formula is C12H12ClN3. The van der Waals surface area contributed by atoms with Crippen LogP contribution in [0.4, 0.5) is 5.82 Å². The van der Waals surface area contributed by atoms with E-state index in [-0.39, 0.29) is 0 Å². The standard InChI is InChI=1S/C12H12ClN3/c1-8(13)10-12(14-2)16-11(15-10)9-6-4-3-5-7-9/h3-7,14H,1H2,2H3,(H,15,16). The molecule has 3 nitrogen and oxygen atoms in total. The van der Waals surface area contributed by atoms with Crippen LogP contribution in [0.3, 0.4) is 0 Å². The number of halogens is 1. The molecule has 0 aliphatic heterocycles. The highest BCUT2D eigenvalue weighted by Crippen LogP contribution is 2.26. The summed E-state index contributed by atoms with van der Waals surface area (Å²) >= 11 is 5.88. The summed E-state index contributed by atoms with van der Waals surface area (Å²) in [6.45, 7) is 3.70. The number of imidazole rings is 1. The Bertz CT molecular complexity index is 502. The molecule has 0 fully saturated rings. The molecule has 82 valence electrons. The third-order valence-corrected chi connectivity index (χ3v) is 2.45. The summed E-state index contributed by atoms with van der Waals surface area (Å²) < 4.78 is 0. The zero-order valence-electron chi connectivity index (χ0n) is 8.92. The van der Waals surface area contributed by atoms with Gasteiger partial charge in [0.15, 0.2) is 5.82 Å². The van der Waals surface area contributed by atoms with Gasteiger partial charge in [-0.1, -0.05) is 48.5 Å². The predicted molar refractivity (Wildman–Crippen MR) is 68.5 cm³/mol. The van der Waals surface area contributed by atoms with E-state index in [2.05, 4.69) is 21.9 Å². The van der Waals surface area contributed by atoms with Crippen molar-refractivity contribution in [1.29, 1.82) is 0 Å². The Morgan fingerprint density at radius 1 is 1.38 bits per heavy atom. The van der Waals surface area contributed by atoms with E-state index in [1.54, 1.807) is 7.05 Å². The molecule has 4 heteroatoms. The van der Waals surface area contributed by atoms with Gasteiger partial charge in [-0.3, -0.25) is 0 Å². The Balaban J connectivity index is 2.48. The fourth-order valence-electron chi connectivity index (χ4n) is 1.48. The van der Waals surface area contributed by atoms with Crippen molar-refractivity contribution in [3.05, 3.63) is 42.6 Å². The predicted octanol–water partition coefficient (Wildman–Crippen LogP) is 3.33. The molecule has 0 amide bonds. The van der Waals surface area contributed by atoms with E-state index in [1.807, 2.05) is 30.3 Å². The monoisotopic (exact) mass is 233 g/mol. The minimum atomic E-state index is 0.444. The first kappa shape index (κ1) is 10.8. The Hall–Kier alpha value is -1.74. The molecule has 1 aromatic heterocycles. The maximum atomic E-state index is 5.88. The first-order chi connectivity index (χ1) is 7.72. The number of anilines is 1. The molecule has 0 saturated heterocycles. The van der Waals surface area contributed by atoms with Crippen LogP contribution < -0.4 is 5.32 Å². The number of hydrogen-bond acceptors (Lipinski definition) is 2. The maximum absolute atomic E-state index is 5.88. The molecule has 0 aliphatic rings. The van der Waals surface area contributed by atoms with E-state index < -0.39 is 0 Å². The van der Waals surface area contributed by atoms with Crippen LogP contribution in [0, 0.1) is 0 Å². The van der Waals surface area contributed by atoms with Gasteiger partial charge in [0.25, 0.3) is 0 Å². The molecule has 1 aromatic carbocycles. The molecule has 2 N–H and O–H groups in total. The second kappa shape index (κ2) is 4.41. The maximum Gasteiger partial charge on any atom is 0.153 e. The first-order valence-corrected chi connectivity index (χ1v) is 5.28. The fourth-order valence-corrected chi connectivity index (χ4v) is 1.62. The molecule has 0 saturated carbocycles. The summed E-state index contributed by atoms with van der Waals surface area (Å²) in [6, 6.07) is 9.86. The van der Waals surface area contributed by atoms with E-state index in [0.29, 0.717) is 10.9 Å². The van der Waals surface area contributed by atoms with Crippen LogP contribution in [0.5, 0.6) is 0 Å². The molecule has 2 rings (SSSR count). The largest absolute Gasteiger partial charge is 0.371 e. The number of benzene rings is 1. The van der Waals surface area contributed by atoms with Gasteiger partial charge in [0.05, 0.1) is 5.03 Å². The Morgan fingerprint density at radius 2 is 2.06 bits per heavy atom. The average molecular weight is 234 g/mol. The van der Waals surface area contributed by atoms with Crippen molar-refractivity contribution in [2.45, 2.75) is 0 Å². The molecule has 1 heterocycles. The molecule has 0 aliphatic carbocycles. The molecule has 0 bridgehead atoms. The summed E-state index contributed by atoms with van der Waals surface area (Å²) in [6.07, 6.45) is 0. The molecule has 2 aromatic rings. The topological polar surface area (TPSA) is 40.7 Å². The van der Waals surface area contributed by atoms with Crippen molar-refractivity contribution < 1.29 is 0 Å². The van der Waals surface area contributed by atoms with Crippen LogP contribution in [0.2, 0.25) is 0 Å². The van der Waals surface area contributed by atoms with Crippen LogP contribution >= 0.6 is 11.6 Å². The molecule has 0 spiro atoms. The molecule has 16 heavy (non-hydrogen) atoms. The summed E-state index contributed by atoms with van der Waals surface area (Å²) in [7, 11) is 1.80.